The van der Waals surface area contributed by atoms with Gasteiger partial charge >= 0.3 is 61.7 Å². The zero-order valence-corrected chi connectivity index (χ0v) is 12.3. The van der Waals surface area contributed by atoms with Crippen LogP contribution in [0.4, 0.5) is 0 Å². The topological polar surface area (TPSA) is 190 Å². The zero-order valence-electron chi connectivity index (χ0n) is 8.06. The standard InChI is InChI=1S/Mg.3HO3P.Tb.2H/c;3*1-4(2)3;;;/h;3*(H,1,2,3);;;/q+2;;;;+3;2*-1/p-3. The summed E-state index contributed by atoms with van der Waals surface area (Å²) in [6.45, 7) is 0. The van der Waals surface area contributed by atoms with Gasteiger partial charge in [0.2, 0.25) is 0 Å². The fraction of sp³-hybridized carbons (Fsp3) is 0. The molecule has 0 aromatic heterocycles. The van der Waals surface area contributed by atoms with E-state index in [0.717, 1.165) is 0 Å². The molecule has 0 fully saturated rings. The molecule has 0 aliphatic heterocycles. The van der Waals surface area contributed by atoms with E-state index >= 15 is 0 Å². The SMILES string of the molecule is O=[P+]([O-])[O-].O=[P+]([O-])[O-].O=[P+]([O-])[O-].[H-].[H-].[Mg+2].[Tb+3]. The monoisotopic (exact) mass is 422 g/mol. The smallest absolute Gasteiger partial charge is 1.00 e. The molecule has 0 spiro atoms. The molecule has 0 aliphatic rings. The Balaban J connectivity index is -0.0000000135. The Hall–Kier alpha value is 2.11. The maximum Gasteiger partial charge on any atom is 3.00 e. The van der Waals surface area contributed by atoms with Crippen molar-refractivity contribution in [2.75, 3.05) is 0 Å². The Morgan fingerprint density at radius 1 is 0.643 bits per heavy atom. The Bertz CT molecular complexity index is 126. The molecule has 0 saturated carbocycles. The van der Waals surface area contributed by atoms with Crippen molar-refractivity contribution in [1.29, 1.82) is 0 Å². The summed E-state index contributed by atoms with van der Waals surface area (Å²) < 4.78 is 25.4. The first-order valence-corrected chi connectivity index (χ1v) is 4.93. The molecule has 0 N–H and O–H groups in total. The van der Waals surface area contributed by atoms with E-state index in [2.05, 4.69) is 0 Å². The molecule has 0 bridgehead atoms. The fourth-order valence-electron chi connectivity index (χ4n) is 0. The van der Waals surface area contributed by atoms with Gasteiger partial charge in [-0.05, 0) is 0 Å². The van der Waals surface area contributed by atoms with E-state index < -0.39 is 24.8 Å². The van der Waals surface area contributed by atoms with E-state index in [1.54, 1.807) is 0 Å². The molecule has 82 valence electrons. The van der Waals surface area contributed by atoms with E-state index in [9.17, 15) is 0 Å². The molecule has 0 aliphatic carbocycles. The van der Waals surface area contributed by atoms with Crippen molar-refractivity contribution in [3.05, 3.63) is 0 Å². The average Bonchev–Trinajstić information content (AvgIpc) is 1.54. The molecule has 0 amide bonds. The molecule has 0 heterocycles. The van der Waals surface area contributed by atoms with Crippen molar-refractivity contribution in [2.45, 2.75) is 0 Å². The minimum Gasteiger partial charge on any atom is -1.00 e. The number of hydrogen-bond acceptors (Lipinski definition) is 9. The van der Waals surface area contributed by atoms with E-state index in [1.807, 2.05) is 0 Å². The van der Waals surface area contributed by atoms with Gasteiger partial charge in [-0.2, -0.15) is 0 Å². The maximum atomic E-state index is 8.48. The third-order valence-corrected chi connectivity index (χ3v) is 0. The third kappa shape index (κ3) is 544. The van der Waals surface area contributed by atoms with Gasteiger partial charge in [-0.3, -0.25) is 0 Å². The van der Waals surface area contributed by atoms with Gasteiger partial charge in [-0.15, -0.1) is 0 Å². The van der Waals surface area contributed by atoms with Gasteiger partial charge < -0.3 is 32.2 Å². The Morgan fingerprint density at radius 2 is 0.643 bits per heavy atom. The Morgan fingerprint density at radius 3 is 0.643 bits per heavy atom. The van der Waals surface area contributed by atoms with Crippen molar-refractivity contribution in [1.82, 2.24) is 0 Å². The summed E-state index contributed by atoms with van der Waals surface area (Å²) in [5, 5.41) is 0. The average molecular weight is 422 g/mol. The molecule has 0 aromatic rings. The molecule has 9 nitrogen and oxygen atoms in total. The minimum absolute atomic E-state index is 0. The molecule has 0 unspecified atom stereocenters. The summed E-state index contributed by atoms with van der Waals surface area (Å²) in [7, 11) is -10.1. The second kappa shape index (κ2) is 24.4. The predicted molar refractivity (Wildman–Crippen MR) is 30.8 cm³/mol. The molecular weight excluding hydrogens is 420 g/mol. The van der Waals surface area contributed by atoms with Crippen molar-refractivity contribution in [3.8, 4) is 0 Å². The van der Waals surface area contributed by atoms with Gasteiger partial charge in [0.25, 0.3) is 24.8 Å². The fourth-order valence-corrected chi connectivity index (χ4v) is 0. The van der Waals surface area contributed by atoms with Gasteiger partial charge in [0.15, 0.2) is 0 Å². The summed E-state index contributed by atoms with van der Waals surface area (Å²) in [6, 6.07) is 0. The van der Waals surface area contributed by atoms with Crippen LogP contribution in [-0.4, -0.2) is 23.1 Å². The number of rotatable bonds is 0. The molecule has 0 radical (unpaired) electrons. The maximum absolute atomic E-state index is 8.48. The zero-order chi connectivity index (χ0) is 10.7. The van der Waals surface area contributed by atoms with Gasteiger partial charge in [0.1, 0.15) is 0 Å². The van der Waals surface area contributed by atoms with E-state index in [1.165, 1.54) is 0 Å². The van der Waals surface area contributed by atoms with Crippen LogP contribution in [0.1, 0.15) is 2.85 Å². The summed E-state index contributed by atoms with van der Waals surface area (Å²) in [4.78, 5) is 50.9. The third-order valence-electron chi connectivity index (χ3n) is 0. The largest absolute Gasteiger partial charge is 3.00 e. The van der Waals surface area contributed by atoms with Crippen molar-refractivity contribution < 1.29 is 84.5 Å². The van der Waals surface area contributed by atoms with Crippen LogP contribution < -0.4 is 29.4 Å². The van der Waals surface area contributed by atoms with Gasteiger partial charge in [-0.25, -0.2) is 0 Å². The van der Waals surface area contributed by atoms with Gasteiger partial charge in [-0.1, -0.05) is 13.7 Å². The van der Waals surface area contributed by atoms with Crippen LogP contribution in [-0.2, 0) is 13.7 Å². The second-order valence-corrected chi connectivity index (χ2v) is 2.01. The van der Waals surface area contributed by atoms with E-state index in [-0.39, 0.29) is 64.5 Å². The first kappa shape index (κ1) is 29.8. The first-order chi connectivity index (χ1) is 5.20. The first-order valence-electron chi connectivity index (χ1n) is 1.64. The molecule has 0 aromatic carbocycles. The summed E-state index contributed by atoms with van der Waals surface area (Å²) >= 11 is 0. The molecule has 0 atom stereocenters. The van der Waals surface area contributed by atoms with Gasteiger partial charge in [0.05, 0.1) is 0 Å². The van der Waals surface area contributed by atoms with Crippen molar-refractivity contribution >= 4 is 47.8 Å². The van der Waals surface area contributed by atoms with Crippen LogP contribution in [0.5, 0.6) is 0 Å². The quantitative estimate of drug-likeness (QED) is 0.272. The Labute approximate surface area is 131 Å². The van der Waals surface area contributed by atoms with Crippen LogP contribution >= 0.6 is 24.8 Å². The van der Waals surface area contributed by atoms with Crippen LogP contribution in [0.3, 0.4) is 0 Å². The molecule has 14 heteroatoms. The van der Waals surface area contributed by atoms with Crippen LogP contribution in [0, 0.1) is 38.6 Å². The van der Waals surface area contributed by atoms with Gasteiger partial charge in [0, 0.05) is 0 Å². The predicted octanol–water partition coefficient (Wildman–Crippen LogP) is -5.06. The normalized spacial score (nSPS) is 5.57. The summed E-state index contributed by atoms with van der Waals surface area (Å²) in [5.74, 6) is 0. The molecule has 0 rings (SSSR count). The summed E-state index contributed by atoms with van der Waals surface area (Å²) in [6.07, 6.45) is 0. The summed E-state index contributed by atoms with van der Waals surface area (Å²) in [5.41, 5.74) is 0. The van der Waals surface area contributed by atoms with Crippen molar-refractivity contribution in [3.63, 3.8) is 0 Å². The van der Waals surface area contributed by atoms with Crippen LogP contribution in [0.2, 0.25) is 0 Å². The van der Waals surface area contributed by atoms with Crippen molar-refractivity contribution in [2.24, 2.45) is 0 Å². The van der Waals surface area contributed by atoms with E-state index in [4.69, 9.17) is 43.1 Å². The number of hydrogen-bond donors (Lipinski definition) is 0. The Kier molecular flexibility index (Phi) is 51.9. The van der Waals surface area contributed by atoms with Crippen LogP contribution in [0.15, 0.2) is 0 Å². The molecule has 14 heavy (non-hydrogen) atoms. The van der Waals surface area contributed by atoms with E-state index in [0.29, 0.717) is 0 Å². The molecule has 0 saturated heterocycles. The van der Waals surface area contributed by atoms with Crippen LogP contribution in [0.25, 0.3) is 0 Å². The minimum atomic E-state index is -3.37. The molecular formula is H2MgO9P3Tb. The second-order valence-electron chi connectivity index (χ2n) is 0.671.